The number of hydrogen-bond acceptors (Lipinski definition) is 6. The van der Waals surface area contributed by atoms with Gasteiger partial charge in [0.1, 0.15) is 5.82 Å². The lowest BCUT2D eigenvalue weighted by molar-refractivity contribution is -0.384. The number of nitrogen functional groups attached to an aromatic ring is 1. The molecule has 0 radical (unpaired) electrons. The van der Waals surface area contributed by atoms with Crippen molar-refractivity contribution in [2.45, 2.75) is 10.9 Å². The van der Waals surface area contributed by atoms with Crippen molar-refractivity contribution in [1.29, 1.82) is 0 Å². The monoisotopic (exact) mass is 345 g/mol. The summed E-state index contributed by atoms with van der Waals surface area (Å²) in [6, 6.07) is 12.1. The van der Waals surface area contributed by atoms with Gasteiger partial charge in [0, 0.05) is 23.4 Å². The van der Waals surface area contributed by atoms with Crippen LogP contribution in [-0.2, 0) is 5.75 Å². The van der Waals surface area contributed by atoms with Crippen molar-refractivity contribution in [3.05, 3.63) is 70.0 Å². The van der Waals surface area contributed by atoms with E-state index < -0.39 is 4.92 Å². The molecule has 0 aliphatic heterocycles. The summed E-state index contributed by atoms with van der Waals surface area (Å²) < 4.78 is 14.3. The van der Waals surface area contributed by atoms with Crippen molar-refractivity contribution in [3.63, 3.8) is 0 Å². The first-order valence-electron chi connectivity index (χ1n) is 6.87. The zero-order valence-corrected chi connectivity index (χ0v) is 13.1. The second kappa shape index (κ2) is 6.67. The van der Waals surface area contributed by atoms with Crippen LogP contribution in [0.25, 0.3) is 11.4 Å². The van der Waals surface area contributed by atoms with Gasteiger partial charge in [-0.3, -0.25) is 10.1 Å². The highest BCUT2D eigenvalue weighted by atomic mass is 32.2. The zero-order chi connectivity index (χ0) is 17.1. The number of nitro groups is 1. The molecule has 0 aliphatic carbocycles. The molecule has 24 heavy (non-hydrogen) atoms. The van der Waals surface area contributed by atoms with E-state index in [9.17, 15) is 14.5 Å². The smallest absolute Gasteiger partial charge is 0.269 e. The average Bonchev–Trinajstić information content (AvgIpc) is 2.95. The Morgan fingerprint density at radius 1 is 1.12 bits per heavy atom. The molecule has 0 saturated carbocycles. The normalized spacial score (nSPS) is 10.7. The Morgan fingerprint density at radius 3 is 2.42 bits per heavy atom. The van der Waals surface area contributed by atoms with E-state index in [0.717, 1.165) is 5.56 Å². The second-order valence-electron chi connectivity index (χ2n) is 4.90. The first-order chi connectivity index (χ1) is 11.5. The summed E-state index contributed by atoms with van der Waals surface area (Å²) in [5, 5.41) is 19.2. The molecule has 0 unspecified atom stereocenters. The van der Waals surface area contributed by atoms with Crippen molar-refractivity contribution >= 4 is 17.4 Å². The molecule has 0 atom stereocenters. The Labute approximate surface area is 140 Å². The number of benzene rings is 2. The topological polar surface area (TPSA) is 99.9 Å². The number of nitrogens with zero attached hydrogens (tertiary/aromatic N) is 4. The quantitative estimate of drug-likeness (QED) is 0.330. The molecule has 2 N–H and O–H groups in total. The number of thioether (sulfide) groups is 1. The summed E-state index contributed by atoms with van der Waals surface area (Å²) in [4.78, 5) is 10.2. The minimum Gasteiger partial charge on any atom is -0.335 e. The fraction of sp³-hybridized carbons (Fsp3) is 0.0667. The van der Waals surface area contributed by atoms with Crippen LogP contribution < -0.4 is 5.84 Å². The van der Waals surface area contributed by atoms with Crippen LogP contribution in [0.5, 0.6) is 0 Å². The third-order valence-corrected chi connectivity index (χ3v) is 4.30. The Morgan fingerprint density at radius 2 is 1.79 bits per heavy atom. The van der Waals surface area contributed by atoms with Crippen LogP contribution in [0.4, 0.5) is 10.1 Å². The van der Waals surface area contributed by atoms with E-state index in [-0.39, 0.29) is 11.5 Å². The molecule has 7 nitrogen and oxygen atoms in total. The lowest BCUT2D eigenvalue weighted by Crippen LogP contribution is -2.11. The Balaban J connectivity index is 1.72. The number of hydrogen-bond donors (Lipinski definition) is 1. The van der Waals surface area contributed by atoms with Gasteiger partial charge in [-0.1, -0.05) is 23.9 Å². The van der Waals surface area contributed by atoms with Gasteiger partial charge in [0.2, 0.25) is 5.16 Å². The molecule has 122 valence electrons. The van der Waals surface area contributed by atoms with E-state index >= 15 is 0 Å². The van der Waals surface area contributed by atoms with E-state index in [1.807, 2.05) is 0 Å². The largest absolute Gasteiger partial charge is 0.335 e. The Bertz CT molecular complexity index is 865. The third-order valence-electron chi connectivity index (χ3n) is 3.28. The predicted molar refractivity (Wildman–Crippen MR) is 88.2 cm³/mol. The van der Waals surface area contributed by atoms with Gasteiger partial charge in [0.25, 0.3) is 5.69 Å². The van der Waals surface area contributed by atoms with Crippen LogP contribution in [0, 0.1) is 15.9 Å². The number of rotatable bonds is 5. The fourth-order valence-electron chi connectivity index (χ4n) is 2.03. The highest BCUT2D eigenvalue weighted by molar-refractivity contribution is 7.98. The molecule has 1 heterocycles. The third kappa shape index (κ3) is 3.35. The summed E-state index contributed by atoms with van der Waals surface area (Å²) in [6.45, 7) is 0. The molecule has 0 bridgehead atoms. The lowest BCUT2D eigenvalue weighted by Gasteiger charge is -2.04. The first-order valence-corrected chi connectivity index (χ1v) is 7.86. The molecular formula is C15H12FN5O2S. The molecule has 3 aromatic rings. The van der Waals surface area contributed by atoms with Gasteiger partial charge >= 0.3 is 0 Å². The number of nitrogens with two attached hydrogens (primary N) is 1. The summed E-state index contributed by atoms with van der Waals surface area (Å²) in [6.07, 6.45) is 0. The van der Waals surface area contributed by atoms with E-state index in [0.29, 0.717) is 22.3 Å². The number of non-ortho nitro benzene ring substituents is 1. The van der Waals surface area contributed by atoms with Crippen LogP contribution >= 0.6 is 11.8 Å². The second-order valence-corrected chi connectivity index (χ2v) is 5.84. The maximum atomic E-state index is 13.0. The minimum atomic E-state index is -0.442. The molecule has 0 saturated heterocycles. The first kappa shape index (κ1) is 15.9. The van der Waals surface area contributed by atoms with Gasteiger partial charge < -0.3 is 5.84 Å². The Kier molecular flexibility index (Phi) is 4.43. The summed E-state index contributed by atoms with van der Waals surface area (Å²) >= 11 is 1.35. The van der Waals surface area contributed by atoms with E-state index in [1.165, 1.54) is 40.7 Å². The number of nitro benzene ring substituents is 1. The molecular weight excluding hydrogens is 333 g/mol. The predicted octanol–water partition coefficient (Wildman–Crippen LogP) is 3.00. The fourth-order valence-corrected chi connectivity index (χ4v) is 2.85. The molecule has 2 aromatic carbocycles. The molecule has 0 spiro atoms. The van der Waals surface area contributed by atoms with Gasteiger partial charge in [-0.2, -0.15) is 0 Å². The van der Waals surface area contributed by atoms with Crippen molar-refractivity contribution < 1.29 is 9.31 Å². The van der Waals surface area contributed by atoms with Crippen LogP contribution in [0.2, 0.25) is 0 Å². The van der Waals surface area contributed by atoms with Crippen molar-refractivity contribution in [2.24, 2.45) is 0 Å². The molecule has 1 aromatic heterocycles. The van der Waals surface area contributed by atoms with Gasteiger partial charge in [-0.05, 0) is 29.8 Å². The van der Waals surface area contributed by atoms with Gasteiger partial charge in [0.05, 0.1) is 4.92 Å². The molecule has 0 aliphatic rings. The van der Waals surface area contributed by atoms with Crippen molar-refractivity contribution in [1.82, 2.24) is 14.9 Å². The Hall–Kier alpha value is -2.94. The van der Waals surface area contributed by atoms with Crippen LogP contribution in [0.3, 0.4) is 0 Å². The SMILES string of the molecule is Nn1c(SCc2ccc([N+](=O)[O-])cc2)nnc1-c1ccc(F)cc1. The van der Waals surface area contributed by atoms with Crippen LogP contribution in [0.15, 0.2) is 53.7 Å². The van der Waals surface area contributed by atoms with Crippen LogP contribution in [0.1, 0.15) is 5.56 Å². The summed E-state index contributed by atoms with van der Waals surface area (Å²) in [5.41, 5.74) is 1.61. The van der Waals surface area contributed by atoms with Crippen molar-refractivity contribution in [3.8, 4) is 11.4 Å². The number of halogens is 1. The molecule has 0 amide bonds. The molecule has 9 heteroatoms. The van der Waals surface area contributed by atoms with Gasteiger partial charge in [0.15, 0.2) is 5.82 Å². The summed E-state index contributed by atoms with van der Waals surface area (Å²) in [5.74, 6) is 6.62. The van der Waals surface area contributed by atoms with Gasteiger partial charge in [-0.15, -0.1) is 10.2 Å². The van der Waals surface area contributed by atoms with E-state index in [1.54, 1.807) is 24.3 Å². The highest BCUT2D eigenvalue weighted by Gasteiger charge is 2.13. The maximum Gasteiger partial charge on any atom is 0.269 e. The average molecular weight is 345 g/mol. The zero-order valence-electron chi connectivity index (χ0n) is 12.3. The number of aromatic nitrogens is 3. The molecule has 0 fully saturated rings. The van der Waals surface area contributed by atoms with Crippen LogP contribution in [-0.4, -0.2) is 19.8 Å². The van der Waals surface area contributed by atoms with E-state index in [2.05, 4.69) is 10.2 Å². The standard InChI is InChI=1S/C15H12FN5O2S/c16-12-5-3-11(4-6-12)14-18-19-15(20(14)17)24-9-10-1-7-13(8-2-10)21(22)23/h1-8H,9,17H2. The van der Waals surface area contributed by atoms with E-state index in [4.69, 9.17) is 5.84 Å². The molecule has 3 rings (SSSR count). The maximum absolute atomic E-state index is 13.0. The highest BCUT2D eigenvalue weighted by Crippen LogP contribution is 2.25. The summed E-state index contributed by atoms with van der Waals surface area (Å²) in [7, 11) is 0. The van der Waals surface area contributed by atoms with Crippen molar-refractivity contribution in [2.75, 3.05) is 5.84 Å². The van der Waals surface area contributed by atoms with Gasteiger partial charge in [-0.25, -0.2) is 9.07 Å². The lowest BCUT2D eigenvalue weighted by atomic mass is 10.2. The minimum absolute atomic E-state index is 0.0457.